The molecule has 0 radical (unpaired) electrons. The summed E-state index contributed by atoms with van der Waals surface area (Å²) in [5.41, 5.74) is -0.729. The molecule has 0 saturated carbocycles. The van der Waals surface area contributed by atoms with Crippen LogP contribution in [0.5, 0.6) is 0 Å². The van der Waals surface area contributed by atoms with Gasteiger partial charge in [-0.05, 0) is 43.2 Å². The van der Waals surface area contributed by atoms with Crippen molar-refractivity contribution >= 4 is 35.3 Å². The monoisotopic (exact) mass is 523 g/mol. The maximum Gasteiger partial charge on any atom is 0.417 e. The van der Waals surface area contributed by atoms with E-state index in [4.69, 9.17) is 4.74 Å². The molecule has 2 aromatic rings. The molecular weight excluding hydrogens is 499 g/mol. The second kappa shape index (κ2) is 11.7. The summed E-state index contributed by atoms with van der Waals surface area (Å²) in [5.74, 6) is -2.87. The molecule has 37 heavy (non-hydrogen) atoms. The lowest BCUT2D eigenvalue weighted by molar-refractivity contribution is -0.152. The van der Waals surface area contributed by atoms with Crippen molar-refractivity contribution in [3.63, 3.8) is 0 Å². The van der Waals surface area contributed by atoms with Crippen LogP contribution in [0.2, 0.25) is 0 Å². The Balaban J connectivity index is 1.52. The predicted molar refractivity (Wildman–Crippen MR) is 123 cm³/mol. The fourth-order valence-electron chi connectivity index (χ4n) is 3.71. The lowest BCUT2D eigenvalue weighted by Crippen LogP contribution is -2.38. The van der Waals surface area contributed by atoms with Gasteiger partial charge >= 0.3 is 24.1 Å². The van der Waals surface area contributed by atoms with Crippen LogP contribution in [0.3, 0.4) is 0 Å². The molecule has 0 spiro atoms. The van der Waals surface area contributed by atoms with Gasteiger partial charge in [-0.1, -0.05) is 0 Å². The van der Waals surface area contributed by atoms with Crippen molar-refractivity contribution in [3.8, 4) is 0 Å². The number of halogens is 3. The van der Waals surface area contributed by atoms with Crippen LogP contribution in [0.1, 0.15) is 39.1 Å². The lowest BCUT2D eigenvalue weighted by Gasteiger charge is -2.31. The largest absolute Gasteiger partial charge is 0.465 e. The van der Waals surface area contributed by atoms with Crippen LogP contribution in [0, 0.1) is 5.92 Å². The quantitative estimate of drug-likeness (QED) is 0.431. The van der Waals surface area contributed by atoms with Crippen LogP contribution in [-0.2, 0) is 30.0 Å². The van der Waals surface area contributed by atoms with E-state index in [2.05, 4.69) is 19.8 Å². The first kappa shape index (κ1) is 27.4. The van der Waals surface area contributed by atoms with Gasteiger partial charge in [-0.25, -0.2) is 14.6 Å². The summed E-state index contributed by atoms with van der Waals surface area (Å²) in [7, 11) is 2.32. The fourth-order valence-corrected chi connectivity index (χ4v) is 3.71. The van der Waals surface area contributed by atoms with Crippen molar-refractivity contribution in [1.82, 2.24) is 4.98 Å². The molecule has 1 N–H and O–H groups in total. The maximum atomic E-state index is 12.7. The molecule has 1 aliphatic rings. The molecular formula is C24H24F3N3O7. The molecule has 1 saturated heterocycles. The summed E-state index contributed by atoms with van der Waals surface area (Å²) in [6.45, 7) is 0.150. The van der Waals surface area contributed by atoms with Crippen molar-refractivity contribution in [1.29, 1.82) is 0 Å². The topological polar surface area (TPSA) is 124 Å². The highest BCUT2D eigenvalue weighted by Gasteiger charge is 2.32. The summed E-state index contributed by atoms with van der Waals surface area (Å²) in [6.07, 6.45) is -2.97. The standard InChI is InChI=1S/C24H24F3N3O7/c1-35-21(32)15-9-16(22(33)36-2)11-18(10-15)29-20(31)13-37-23(34)14-5-7-30(8-6-14)19-4-3-17(12-28-19)24(25,26)27/h3-4,9-12,14H,5-8,13H2,1-2H3,(H,29,31). The third-order valence-electron chi connectivity index (χ3n) is 5.63. The number of ether oxygens (including phenoxy) is 3. The molecule has 0 unspecified atom stereocenters. The van der Waals surface area contributed by atoms with E-state index >= 15 is 0 Å². The number of amides is 1. The number of hydrogen-bond acceptors (Lipinski definition) is 9. The van der Waals surface area contributed by atoms with Gasteiger partial charge in [0, 0.05) is 25.0 Å². The van der Waals surface area contributed by atoms with E-state index in [1.807, 2.05) is 0 Å². The smallest absolute Gasteiger partial charge is 0.417 e. The number of carbonyl (C=O) groups excluding carboxylic acids is 4. The molecule has 1 aromatic carbocycles. The normalized spacial score (nSPS) is 14.0. The average molecular weight is 523 g/mol. The molecule has 1 aliphatic heterocycles. The van der Waals surface area contributed by atoms with Crippen LogP contribution >= 0.6 is 0 Å². The minimum Gasteiger partial charge on any atom is -0.465 e. The minimum absolute atomic E-state index is 0.00647. The average Bonchev–Trinajstić information content (AvgIpc) is 2.90. The van der Waals surface area contributed by atoms with E-state index in [9.17, 15) is 32.3 Å². The van der Waals surface area contributed by atoms with Gasteiger partial charge in [0.05, 0.1) is 36.8 Å². The zero-order chi connectivity index (χ0) is 27.2. The van der Waals surface area contributed by atoms with Gasteiger partial charge in [-0.3, -0.25) is 9.59 Å². The number of alkyl halides is 3. The molecule has 1 aromatic heterocycles. The summed E-state index contributed by atoms with van der Waals surface area (Å²) < 4.78 is 52.5. The number of benzene rings is 1. The predicted octanol–water partition coefficient (Wildman–Crippen LogP) is 3.07. The van der Waals surface area contributed by atoms with Gasteiger partial charge in [0.25, 0.3) is 5.91 Å². The van der Waals surface area contributed by atoms with Gasteiger partial charge in [0.15, 0.2) is 6.61 Å². The van der Waals surface area contributed by atoms with Gasteiger partial charge in [-0.2, -0.15) is 13.2 Å². The van der Waals surface area contributed by atoms with Gasteiger partial charge in [0.2, 0.25) is 0 Å². The van der Waals surface area contributed by atoms with E-state index in [-0.39, 0.29) is 16.8 Å². The number of aromatic nitrogens is 1. The number of hydrogen-bond donors (Lipinski definition) is 1. The Morgan fingerprint density at radius 2 is 1.59 bits per heavy atom. The van der Waals surface area contributed by atoms with E-state index in [0.29, 0.717) is 31.7 Å². The van der Waals surface area contributed by atoms with E-state index in [1.165, 1.54) is 24.3 Å². The Hall–Kier alpha value is -4.16. The van der Waals surface area contributed by atoms with Crippen LogP contribution in [-0.4, -0.2) is 62.7 Å². The van der Waals surface area contributed by atoms with Crippen molar-refractivity contribution in [2.45, 2.75) is 19.0 Å². The fraction of sp³-hybridized carbons (Fsp3) is 0.375. The number of anilines is 2. The number of methoxy groups -OCH3 is 2. The van der Waals surface area contributed by atoms with E-state index < -0.39 is 48.1 Å². The summed E-state index contributed by atoms with van der Waals surface area (Å²) in [5, 5.41) is 2.45. The zero-order valence-corrected chi connectivity index (χ0v) is 20.0. The highest BCUT2D eigenvalue weighted by atomic mass is 19.4. The number of piperidine rings is 1. The molecule has 1 amide bonds. The molecule has 13 heteroatoms. The first-order valence-electron chi connectivity index (χ1n) is 11.1. The molecule has 0 aliphatic carbocycles. The number of nitrogens with one attached hydrogen (secondary N) is 1. The minimum atomic E-state index is -4.47. The van der Waals surface area contributed by atoms with Gasteiger partial charge < -0.3 is 24.4 Å². The van der Waals surface area contributed by atoms with E-state index in [1.54, 1.807) is 4.90 Å². The maximum absolute atomic E-state index is 12.7. The third-order valence-corrected chi connectivity index (χ3v) is 5.63. The molecule has 1 fully saturated rings. The highest BCUT2D eigenvalue weighted by molar-refractivity contribution is 6.00. The van der Waals surface area contributed by atoms with Crippen molar-refractivity contribution in [2.24, 2.45) is 5.92 Å². The Morgan fingerprint density at radius 1 is 1.00 bits per heavy atom. The van der Waals surface area contributed by atoms with Gasteiger partial charge in [-0.15, -0.1) is 0 Å². The summed E-state index contributed by atoms with van der Waals surface area (Å²) >= 11 is 0. The second-order valence-corrected chi connectivity index (χ2v) is 8.10. The van der Waals surface area contributed by atoms with Gasteiger partial charge in [0.1, 0.15) is 5.82 Å². The number of esters is 3. The van der Waals surface area contributed by atoms with Crippen LogP contribution in [0.25, 0.3) is 0 Å². The first-order chi connectivity index (χ1) is 17.5. The van der Waals surface area contributed by atoms with E-state index in [0.717, 1.165) is 26.5 Å². The lowest BCUT2D eigenvalue weighted by atomic mass is 9.97. The van der Waals surface area contributed by atoms with Crippen molar-refractivity contribution in [2.75, 3.05) is 44.1 Å². The molecule has 3 rings (SSSR count). The summed E-state index contributed by atoms with van der Waals surface area (Å²) in [4.78, 5) is 54.1. The molecule has 0 bridgehead atoms. The SMILES string of the molecule is COC(=O)c1cc(NC(=O)COC(=O)C2CCN(c3ccc(C(F)(F)F)cn3)CC2)cc(C(=O)OC)c1. The molecule has 0 atom stereocenters. The van der Waals surface area contributed by atoms with Crippen LogP contribution < -0.4 is 10.2 Å². The van der Waals surface area contributed by atoms with Crippen LogP contribution in [0.4, 0.5) is 24.7 Å². The van der Waals surface area contributed by atoms with Crippen molar-refractivity contribution in [3.05, 3.63) is 53.2 Å². The Morgan fingerprint density at radius 3 is 2.08 bits per heavy atom. The number of rotatable bonds is 7. The number of pyridine rings is 1. The van der Waals surface area contributed by atoms with Crippen molar-refractivity contribution < 1.29 is 46.6 Å². The molecule has 2 heterocycles. The van der Waals surface area contributed by atoms with Crippen LogP contribution in [0.15, 0.2) is 36.5 Å². The Bertz CT molecular complexity index is 1130. The first-order valence-corrected chi connectivity index (χ1v) is 11.1. The molecule has 10 nitrogen and oxygen atoms in total. The third kappa shape index (κ3) is 7.18. The highest BCUT2D eigenvalue weighted by Crippen LogP contribution is 2.30. The number of nitrogens with zero attached hydrogens (tertiary/aromatic N) is 2. The Labute approximate surface area is 209 Å². The Kier molecular flexibility index (Phi) is 8.69. The number of carbonyl (C=O) groups is 4. The second-order valence-electron chi connectivity index (χ2n) is 8.10. The summed E-state index contributed by atoms with van der Waals surface area (Å²) in [6, 6.07) is 6.08. The molecule has 198 valence electrons. The zero-order valence-electron chi connectivity index (χ0n) is 20.0.